The highest BCUT2D eigenvalue weighted by atomic mass is 16.5. The average Bonchev–Trinajstić information content (AvgIpc) is 2.89. The summed E-state index contributed by atoms with van der Waals surface area (Å²) < 4.78 is 10.8. The van der Waals surface area contributed by atoms with E-state index in [1.165, 1.54) is 0 Å². The van der Waals surface area contributed by atoms with Crippen molar-refractivity contribution in [2.45, 2.75) is 25.9 Å². The van der Waals surface area contributed by atoms with Crippen LogP contribution in [-0.2, 0) is 9.47 Å². The molecule has 3 rings (SSSR count). The number of fused-ring (bicyclic) bond motifs is 1. The molecule has 0 unspecified atom stereocenters. The van der Waals surface area contributed by atoms with Crippen molar-refractivity contribution in [2.75, 3.05) is 38.3 Å². The predicted molar refractivity (Wildman–Crippen MR) is 81.7 cm³/mol. The Morgan fingerprint density at radius 3 is 2.90 bits per heavy atom. The van der Waals surface area contributed by atoms with Crippen LogP contribution < -0.4 is 4.90 Å². The summed E-state index contributed by atoms with van der Waals surface area (Å²) >= 11 is 0. The highest BCUT2D eigenvalue weighted by molar-refractivity contribution is 5.82. The summed E-state index contributed by atoms with van der Waals surface area (Å²) in [6.45, 7) is 5.34. The SMILES string of the molecule is COCCOC1CCN(c2cc3c(C)[nH]nc3cn2)CC1. The van der Waals surface area contributed by atoms with Crippen molar-refractivity contribution in [2.24, 2.45) is 0 Å². The van der Waals surface area contributed by atoms with E-state index in [2.05, 4.69) is 26.1 Å². The monoisotopic (exact) mass is 290 g/mol. The second-order valence-corrected chi connectivity index (χ2v) is 5.46. The van der Waals surface area contributed by atoms with E-state index in [1.54, 1.807) is 7.11 Å². The zero-order chi connectivity index (χ0) is 14.7. The number of aromatic amines is 1. The number of hydrogen-bond donors (Lipinski definition) is 1. The minimum absolute atomic E-state index is 0.343. The van der Waals surface area contributed by atoms with Crippen LogP contribution in [0.25, 0.3) is 10.9 Å². The topological polar surface area (TPSA) is 63.3 Å². The number of hydrogen-bond acceptors (Lipinski definition) is 5. The Labute approximate surface area is 124 Å². The van der Waals surface area contributed by atoms with Gasteiger partial charge in [0.2, 0.25) is 0 Å². The Morgan fingerprint density at radius 2 is 2.14 bits per heavy atom. The highest BCUT2D eigenvalue weighted by Gasteiger charge is 2.21. The minimum atomic E-state index is 0.343. The first-order valence-electron chi connectivity index (χ1n) is 7.44. The number of methoxy groups -OCH3 is 1. The van der Waals surface area contributed by atoms with Gasteiger partial charge in [-0.25, -0.2) is 4.98 Å². The number of aromatic nitrogens is 3. The van der Waals surface area contributed by atoms with Crippen molar-refractivity contribution in [3.8, 4) is 0 Å². The van der Waals surface area contributed by atoms with Crippen LogP contribution in [0.2, 0.25) is 0 Å². The van der Waals surface area contributed by atoms with Crippen LogP contribution in [0.5, 0.6) is 0 Å². The van der Waals surface area contributed by atoms with Gasteiger partial charge in [-0.15, -0.1) is 0 Å². The van der Waals surface area contributed by atoms with Crippen LogP contribution in [0.15, 0.2) is 12.3 Å². The molecule has 6 heteroatoms. The zero-order valence-electron chi connectivity index (χ0n) is 12.6. The molecule has 2 aromatic heterocycles. The normalized spacial score (nSPS) is 16.8. The molecule has 1 aliphatic rings. The maximum absolute atomic E-state index is 5.80. The fraction of sp³-hybridized carbons (Fsp3) is 0.600. The van der Waals surface area contributed by atoms with Crippen LogP contribution in [0.4, 0.5) is 5.82 Å². The summed E-state index contributed by atoms with van der Waals surface area (Å²) in [4.78, 5) is 6.85. The molecule has 3 heterocycles. The predicted octanol–water partition coefficient (Wildman–Crippen LogP) is 1.90. The third-order valence-corrected chi connectivity index (χ3v) is 4.02. The summed E-state index contributed by atoms with van der Waals surface area (Å²) in [5, 5.41) is 8.37. The smallest absolute Gasteiger partial charge is 0.129 e. The van der Waals surface area contributed by atoms with Crippen LogP contribution in [0.1, 0.15) is 18.5 Å². The Morgan fingerprint density at radius 1 is 1.33 bits per heavy atom. The third kappa shape index (κ3) is 3.16. The maximum Gasteiger partial charge on any atom is 0.129 e. The van der Waals surface area contributed by atoms with Gasteiger partial charge < -0.3 is 14.4 Å². The van der Waals surface area contributed by atoms with E-state index in [0.717, 1.165) is 48.3 Å². The number of anilines is 1. The van der Waals surface area contributed by atoms with E-state index in [0.29, 0.717) is 19.3 Å². The van der Waals surface area contributed by atoms with E-state index < -0.39 is 0 Å². The summed E-state index contributed by atoms with van der Waals surface area (Å²) in [7, 11) is 1.70. The van der Waals surface area contributed by atoms with E-state index in [9.17, 15) is 0 Å². The minimum Gasteiger partial charge on any atom is -0.382 e. The number of ether oxygens (including phenoxy) is 2. The second-order valence-electron chi connectivity index (χ2n) is 5.46. The molecule has 0 saturated carbocycles. The Bertz CT molecular complexity index is 590. The molecule has 2 aromatic rings. The molecule has 0 aliphatic carbocycles. The van der Waals surface area contributed by atoms with Gasteiger partial charge in [-0.3, -0.25) is 5.10 Å². The fourth-order valence-electron chi connectivity index (χ4n) is 2.75. The Balaban J connectivity index is 1.61. The van der Waals surface area contributed by atoms with Gasteiger partial charge in [-0.1, -0.05) is 0 Å². The van der Waals surface area contributed by atoms with Gasteiger partial charge in [0.1, 0.15) is 11.3 Å². The van der Waals surface area contributed by atoms with Crippen LogP contribution in [-0.4, -0.2) is 54.7 Å². The number of nitrogens with one attached hydrogen (secondary N) is 1. The summed E-state index contributed by atoms with van der Waals surface area (Å²) in [5.74, 6) is 1.03. The summed E-state index contributed by atoms with van der Waals surface area (Å²) in [6, 6.07) is 2.13. The molecule has 114 valence electrons. The number of H-pyrrole nitrogens is 1. The van der Waals surface area contributed by atoms with Crippen molar-refractivity contribution in [3.05, 3.63) is 18.0 Å². The van der Waals surface area contributed by atoms with Gasteiger partial charge in [-0.05, 0) is 25.8 Å². The molecule has 0 bridgehead atoms. The van der Waals surface area contributed by atoms with E-state index in [1.807, 2.05) is 13.1 Å². The standard InChI is InChI=1S/C15H22N4O2/c1-11-13-9-15(16-10-14(13)18-17-11)19-5-3-12(4-6-19)21-8-7-20-2/h9-10,12H,3-8H2,1-2H3,(H,17,18). The zero-order valence-corrected chi connectivity index (χ0v) is 12.6. The molecule has 1 N–H and O–H groups in total. The van der Waals surface area contributed by atoms with E-state index >= 15 is 0 Å². The quantitative estimate of drug-likeness (QED) is 0.852. The average molecular weight is 290 g/mol. The van der Waals surface area contributed by atoms with Crippen LogP contribution >= 0.6 is 0 Å². The van der Waals surface area contributed by atoms with E-state index in [4.69, 9.17) is 9.47 Å². The lowest BCUT2D eigenvalue weighted by Gasteiger charge is -2.32. The van der Waals surface area contributed by atoms with E-state index in [-0.39, 0.29) is 0 Å². The van der Waals surface area contributed by atoms with Crippen molar-refractivity contribution in [1.29, 1.82) is 0 Å². The first-order valence-corrected chi connectivity index (χ1v) is 7.44. The first kappa shape index (κ1) is 14.3. The number of aryl methyl sites for hydroxylation is 1. The lowest BCUT2D eigenvalue weighted by Crippen LogP contribution is -2.37. The Kier molecular flexibility index (Phi) is 4.36. The largest absolute Gasteiger partial charge is 0.382 e. The lowest BCUT2D eigenvalue weighted by atomic mass is 10.1. The van der Waals surface area contributed by atoms with Gasteiger partial charge in [0.05, 0.1) is 25.5 Å². The van der Waals surface area contributed by atoms with Gasteiger partial charge in [0, 0.05) is 31.3 Å². The molecule has 1 fully saturated rings. The lowest BCUT2D eigenvalue weighted by molar-refractivity contribution is 0.00605. The third-order valence-electron chi connectivity index (χ3n) is 4.02. The molecule has 1 aliphatic heterocycles. The van der Waals surface area contributed by atoms with Crippen LogP contribution in [0.3, 0.4) is 0 Å². The molecular formula is C15H22N4O2. The second kappa shape index (κ2) is 6.41. The van der Waals surface area contributed by atoms with Gasteiger partial charge in [-0.2, -0.15) is 5.10 Å². The number of rotatable bonds is 5. The molecule has 0 atom stereocenters. The van der Waals surface area contributed by atoms with Crippen molar-refractivity contribution >= 4 is 16.7 Å². The molecule has 1 saturated heterocycles. The number of pyridine rings is 1. The molecular weight excluding hydrogens is 268 g/mol. The molecule has 6 nitrogen and oxygen atoms in total. The van der Waals surface area contributed by atoms with Gasteiger partial charge in [0.25, 0.3) is 0 Å². The molecule has 21 heavy (non-hydrogen) atoms. The number of nitrogens with zero attached hydrogens (tertiary/aromatic N) is 3. The summed E-state index contributed by atoms with van der Waals surface area (Å²) in [5.41, 5.74) is 2.01. The first-order chi connectivity index (χ1) is 10.3. The van der Waals surface area contributed by atoms with Crippen molar-refractivity contribution < 1.29 is 9.47 Å². The van der Waals surface area contributed by atoms with Crippen LogP contribution in [0, 0.1) is 6.92 Å². The number of piperidine rings is 1. The fourth-order valence-corrected chi connectivity index (χ4v) is 2.75. The molecule has 0 radical (unpaired) electrons. The summed E-state index contributed by atoms with van der Waals surface area (Å²) in [6.07, 6.45) is 4.26. The van der Waals surface area contributed by atoms with Gasteiger partial charge in [0.15, 0.2) is 0 Å². The van der Waals surface area contributed by atoms with Gasteiger partial charge >= 0.3 is 0 Å². The Hall–Kier alpha value is -1.66. The molecule has 0 amide bonds. The molecule has 0 spiro atoms. The van der Waals surface area contributed by atoms with Crippen molar-refractivity contribution in [3.63, 3.8) is 0 Å². The van der Waals surface area contributed by atoms with Crippen molar-refractivity contribution in [1.82, 2.24) is 15.2 Å². The maximum atomic E-state index is 5.80. The molecule has 0 aromatic carbocycles. The highest BCUT2D eigenvalue weighted by Crippen LogP contribution is 2.23.